The lowest BCUT2D eigenvalue weighted by Crippen LogP contribution is -2.23. The molecule has 1 aliphatic heterocycles. The highest BCUT2D eigenvalue weighted by molar-refractivity contribution is 7.90. The van der Waals surface area contributed by atoms with E-state index in [1.807, 2.05) is 28.8 Å². The largest absolute Gasteiger partial charge is 0.612 e. The molecule has 1 aromatic heterocycles. The van der Waals surface area contributed by atoms with E-state index in [9.17, 15) is 13.7 Å². The Morgan fingerprint density at radius 2 is 2.03 bits per heavy atom. The Labute approximate surface area is 171 Å². The summed E-state index contributed by atoms with van der Waals surface area (Å²) < 4.78 is 32.9. The van der Waals surface area contributed by atoms with Crippen LogP contribution in [0.5, 0.6) is 0 Å². The van der Waals surface area contributed by atoms with Crippen molar-refractivity contribution in [3.05, 3.63) is 65.1 Å². The smallest absolute Gasteiger partial charge is 0.310 e. The molecule has 0 aliphatic carbocycles. The molecule has 0 fully saturated rings. The van der Waals surface area contributed by atoms with Crippen molar-refractivity contribution in [2.24, 2.45) is 4.99 Å². The molecule has 0 spiro atoms. The molecule has 2 heterocycles. The maximum atomic E-state index is 14.0. The highest BCUT2D eigenvalue weighted by Crippen LogP contribution is 2.31. The van der Waals surface area contributed by atoms with E-state index in [1.165, 1.54) is 12.1 Å². The van der Waals surface area contributed by atoms with Gasteiger partial charge in [0.1, 0.15) is 17.9 Å². The van der Waals surface area contributed by atoms with Crippen LogP contribution in [0.25, 0.3) is 10.9 Å². The number of halogens is 1. The lowest BCUT2D eigenvalue weighted by Gasteiger charge is -2.19. The summed E-state index contributed by atoms with van der Waals surface area (Å²) in [7, 11) is 0. The van der Waals surface area contributed by atoms with Gasteiger partial charge in [0, 0.05) is 29.6 Å². The normalized spacial score (nSPS) is 14.4. The zero-order valence-electron chi connectivity index (χ0n) is 16.3. The molecule has 1 aliphatic rings. The fourth-order valence-electron chi connectivity index (χ4n) is 3.79. The molecule has 2 aromatic carbocycles. The summed E-state index contributed by atoms with van der Waals surface area (Å²) in [4.78, 5) is 17.6. The van der Waals surface area contributed by atoms with E-state index < -0.39 is 11.2 Å². The number of rotatable bonds is 5. The topological polar surface area (TPSA) is 66.7 Å². The number of fused-ring (bicyclic) bond motifs is 3. The van der Waals surface area contributed by atoms with E-state index in [0.29, 0.717) is 25.0 Å². The van der Waals surface area contributed by atoms with Gasteiger partial charge in [-0.3, -0.25) is 14.4 Å². The first-order chi connectivity index (χ1) is 14.0. The SMILES string of the molecule is CCOC(=O)Cc1c2n(c3ccc(F)cc13)C(c1ccc([S+](C)[O-])cc1)=NCC2. The molecule has 5 nitrogen and oxygen atoms in total. The van der Waals surface area contributed by atoms with Gasteiger partial charge in [-0.05, 0) is 66.1 Å². The molecule has 4 rings (SSSR count). The quantitative estimate of drug-likeness (QED) is 0.476. The summed E-state index contributed by atoms with van der Waals surface area (Å²) in [5.41, 5.74) is 3.43. The Hall–Kier alpha value is -2.64. The average molecular weight is 412 g/mol. The molecular weight excluding hydrogens is 391 g/mol. The molecule has 0 N–H and O–H groups in total. The molecule has 7 heteroatoms. The van der Waals surface area contributed by atoms with Crippen LogP contribution in [0.2, 0.25) is 0 Å². The molecule has 150 valence electrons. The maximum absolute atomic E-state index is 14.0. The van der Waals surface area contributed by atoms with Gasteiger partial charge in [0.15, 0.2) is 4.90 Å². The summed E-state index contributed by atoms with van der Waals surface area (Å²) in [6.07, 6.45) is 2.39. The fourth-order valence-corrected chi connectivity index (χ4v) is 4.31. The molecule has 0 saturated heterocycles. The Bertz CT molecular complexity index is 1100. The maximum Gasteiger partial charge on any atom is 0.310 e. The highest BCUT2D eigenvalue weighted by atomic mass is 32.2. The number of aliphatic imine (C=N–C) groups is 1. The van der Waals surface area contributed by atoms with Crippen LogP contribution in [0.3, 0.4) is 0 Å². The minimum absolute atomic E-state index is 0.0944. The number of carbonyl (C=O) groups excluding carboxylic acids is 1. The van der Waals surface area contributed by atoms with E-state index in [-0.39, 0.29) is 18.2 Å². The summed E-state index contributed by atoms with van der Waals surface area (Å²) in [5.74, 6) is 0.0659. The molecule has 0 bridgehead atoms. The number of benzene rings is 2. The van der Waals surface area contributed by atoms with Gasteiger partial charge in [0.25, 0.3) is 0 Å². The summed E-state index contributed by atoms with van der Waals surface area (Å²) >= 11 is -1.06. The van der Waals surface area contributed by atoms with Crippen LogP contribution in [0, 0.1) is 5.82 Å². The van der Waals surface area contributed by atoms with Crippen molar-refractivity contribution in [1.29, 1.82) is 0 Å². The van der Waals surface area contributed by atoms with Gasteiger partial charge in [-0.1, -0.05) is 0 Å². The molecule has 0 radical (unpaired) electrons. The van der Waals surface area contributed by atoms with Crippen molar-refractivity contribution in [3.63, 3.8) is 0 Å². The first kappa shape index (κ1) is 19.7. The lowest BCUT2D eigenvalue weighted by molar-refractivity contribution is -0.142. The summed E-state index contributed by atoms with van der Waals surface area (Å²) in [5, 5.41) is 0.703. The highest BCUT2D eigenvalue weighted by Gasteiger charge is 2.25. The van der Waals surface area contributed by atoms with Crippen molar-refractivity contribution in [3.8, 4) is 0 Å². The van der Waals surface area contributed by atoms with Crippen LogP contribution in [-0.4, -0.2) is 40.3 Å². The van der Waals surface area contributed by atoms with Crippen molar-refractivity contribution in [2.75, 3.05) is 19.4 Å². The van der Waals surface area contributed by atoms with Crippen LogP contribution in [0.4, 0.5) is 4.39 Å². The third-order valence-electron chi connectivity index (χ3n) is 5.04. The second-order valence-corrected chi connectivity index (χ2v) is 8.22. The second kappa shape index (κ2) is 8.00. The van der Waals surface area contributed by atoms with E-state index in [2.05, 4.69) is 0 Å². The van der Waals surface area contributed by atoms with Crippen LogP contribution < -0.4 is 0 Å². The third kappa shape index (κ3) is 3.68. The van der Waals surface area contributed by atoms with Gasteiger partial charge in [0.2, 0.25) is 0 Å². The summed E-state index contributed by atoms with van der Waals surface area (Å²) in [6, 6.07) is 12.0. The van der Waals surface area contributed by atoms with Gasteiger partial charge in [-0.25, -0.2) is 4.39 Å². The molecule has 29 heavy (non-hydrogen) atoms. The van der Waals surface area contributed by atoms with Crippen LogP contribution >= 0.6 is 0 Å². The number of aromatic nitrogens is 1. The second-order valence-electron chi connectivity index (χ2n) is 6.84. The standard InChI is InChI=1S/C22H21FN2O3S/c1-3-28-21(26)13-18-17-12-15(23)6-9-19(17)25-20(18)10-11-24-22(25)14-4-7-16(8-5-14)29(2)27/h4-9,12H,3,10-11,13H2,1-2H3. The van der Waals surface area contributed by atoms with E-state index in [4.69, 9.17) is 9.73 Å². The number of carbonyl (C=O) groups is 1. The van der Waals surface area contributed by atoms with Gasteiger partial charge < -0.3 is 9.29 Å². The zero-order valence-corrected chi connectivity index (χ0v) is 17.1. The monoisotopic (exact) mass is 412 g/mol. The molecule has 3 aromatic rings. The van der Waals surface area contributed by atoms with Crippen molar-refractivity contribution < 1.29 is 18.5 Å². The first-order valence-electron chi connectivity index (χ1n) is 9.45. The van der Waals surface area contributed by atoms with E-state index in [0.717, 1.165) is 33.1 Å². The number of hydrogen-bond donors (Lipinski definition) is 0. The molecule has 1 unspecified atom stereocenters. The number of nitrogens with zero attached hydrogens (tertiary/aromatic N) is 2. The molecule has 0 saturated carbocycles. The summed E-state index contributed by atoms with van der Waals surface area (Å²) in [6.45, 7) is 2.65. The van der Waals surface area contributed by atoms with Crippen molar-refractivity contribution in [1.82, 2.24) is 4.57 Å². The Kier molecular flexibility index (Phi) is 5.43. The van der Waals surface area contributed by atoms with Gasteiger partial charge in [-0.2, -0.15) is 0 Å². The van der Waals surface area contributed by atoms with Crippen molar-refractivity contribution in [2.45, 2.75) is 24.7 Å². The van der Waals surface area contributed by atoms with Crippen LogP contribution in [-0.2, 0) is 33.5 Å². The Morgan fingerprint density at radius 1 is 1.28 bits per heavy atom. The number of ether oxygens (including phenoxy) is 1. The molecule has 0 amide bonds. The Balaban J connectivity index is 1.86. The van der Waals surface area contributed by atoms with Crippen LogP contribution in [0.15, 0.2) is 52.4 Å². The zero-order chi connectivity index (χ0) is 20.5. The van der Waals surface area contributed by atoms with Gasteiger partial charge in [-0.15, -0.1) is 0 Å². The predicted octanol–water partition coefficient (Wildman–Crippen LogP) is 3.47. The van der Waals surface area contributed by atoms with Gasteiger partial charge in [0.05, 0.1) is 18.5 Å². The minimum Gasteiger partial charge on any atom is -0.612 e. The Morgan fingerprint density at radius 3 is 2.72 bits per heavy atom. The minimum atomic E-state index is -1.06. The van der Waals surface area contributed by atoms with Crippen LogP contribution in [0.1, 0.15) is 23.7 Å². The van der Waals surface area contributed by atoms with E-state index in [1.54, 1.807) is 19.2 Å². The fraction of sp³-hybridized carbons (Fsp3) is 0.273. The number of hydrogen-bond acceptors (Lipinski definition) is 4. The lowest BCUT2D eigenvalue weighted by atomic mass is 10.1. The predicted molar refractivity (Wildman–Crippen MR) is 112 cm³/mol. The first-order valence-corrected chi connectivity index (χ1v) is 11.0. The van der Waals surface area contributed by atoms with Crippen molar-refractivity contribution >= 4 is 33.9 Å². The van der Waals surface area contributed by atoms with Gasteiger partial charge >= 0.3 is 5.97 Å². The molecular formula is C22H21FN2O3S. The van der Waals surface area contributed by atoms with E-state index >= 15 is 0 Å². The average Bonchev–Trinajstić information content (AvgIpc) is 3.01. The third-order valence-corrected chi connectivity index (χ3v) is 5.97. The number of esters is 1. The molecule has 1 atom stereocenters.